The van der Waals surface area contributed by atoms with Crippen molar-refractivity contribution in [1.82, 2.24) is 9.97 Å². The molecule has 146 valence electrons. The van der Waals surface area contributed by atoms with Crippen LogP contribution in [0.1, 0.15) is 56.9 Å². The van der Waals surface area contributed by atoms with Crippen molar-refractivity contribution in [1.29, 1.82) is 0 Å². The number of halogens is 3. The topological polar surface area (TPSA) is 90.3 Å². The first-order valence-corrected chi connectivity index (χ1v) is 9.14. The van der Waals surface area contributed by atoms with Gasteiger partial charge in [-0.05, 0) is 51.4 Å². The minimum absolute atomic E-state index is 0.0489. The van der Waals surface area contributed by atoms with Crippen molar-refractivity contribution in [2.75, 3.05) is 10.6 Å². The van der Waals surface area contributed by atoms with E-state index in [4.69, 9.17) is 0 Å². The summed E-state index contributed by atoms with van der Waals surface area (Å²) in [5.41, 5.74) is -0.881. The summed E-state index contributed by atoms with van der Waals surface area (Å²) in [6.45, 7) is 0. The molecule has 9 heteroatoms. The Labute approximate surface area is 150 Å². The molecule has 1 aromatic rings. The zero-order chi connectivity index (χ0) is 18.7. The highest BCUT2D eigenvalue weighted by molar-refractivity contribution is 5.49. The van der Waals surface area contributed by atoms with Gasteiger partial charge in [-0.3, -0.25) is 0 Å². The number of nitrogens with zero attached hydrogens (tertiary/aromatic N) is 2. The molecule has 1 heterocycles. The third-order valence-electron chi connectivity index (χ3n) is 5.16. The second-order valence-corrected chi connectivity index (χ2v) is 7.25. The van der Waals surface area contributed by atoms with E-state index in [-0.39, 0.29) is 36.1 Å². The number of aliphatic hydroxyl groups excluding tert-OH is 2. The van der Waals surface area contributed by atoms with Gasteiger partial charge >= 0.3 is 6.18 Å². The molecule has 0 saturated heterocycles. The Morgan fingerprint density at radius 3 is 1.85 bits per heavy atom. The zero-order valence-electron chi connectivity index (χ0n) is 14.5. The Balaban J connectivity index is 1.73. The Morgan fingerprint density at radius 1 is 0.846 bits per heavy atom. The van der Waals surface area contributed by atoms with E-state index in [1.165, 1.54) is 0 Å². The summed E-state index contributed by atoms with van der Waals surface area (Å²) < 4.78 is 39.9. The van der Waals surface area contributed by atoms with E-state index >= 15 is 0 Å². The van der Waals surface area contributed by atoms with Crippen molar-refractivity contribution in [3.63, 3.8) is 0 Å². The lowest BCUT2D eigenvalue weighted by Gasteiger charge is -2.28. The average Bonchev–Trinajstić information content (AvgIpc) is 2.58. The first-order valence-electron chi connectivity index (χ1n) is 9.14. The summed E-state index contributed by atoms with van der Waals surface area (Å²) in [5.74, 6) is -0.0510. The fraction of sp³-hybridized carbons (Fsp3) is 0.765. The van der Waals surface area contributed by atoms with E-state index < -0.39 is 11.7 Å². The van der Waals surface area contributed by atoms with Crippen LogP contribution in [0.2, 0.25) is 0 Å². The van der Waals surface area contributed by atoms with Gasteiger partial charge in [0, 0.05) is 18.3 Å². The van der Waals surface area contributed by atoms with Gasteiger partial charge in [-0.15, -0.1) is 0 Å². The predicted octanol–water partition coefficient (Wildman–Crippen LogP) is 2.93. The molecule has 0 atom stereocenters. The third-order valence-corrected chi connectivity index (χ3v) is 5.16. The van der Waals surface area contributed by atoms with Crippen LogP contribution < -0.4 is 10.6 Å². The summed E-state index contributed by atoms with van der Waals surface area (Å²) >= 11 is 0. The molecule has 0 unspecified atom stereocenters. The van der Waals surface area contributed by atoms with Crippen molar-refractivity contribution < 1.29 is 23.4 Å². The molecular weight excluding hydrogens is 349 g/mol. The molecule has 0 bridgehead atoms. The Bertz CT molecular complexity index is 598. The molecule has 0 aromatic carbocycles. The molecule has 26 heavy (non-hydrogen) atoms. The van der Waals surface area contributed by atoms with Crippen LogP contribution in [-0.4, -0.2) is 44.5 Å². The Hall–Kier alpha value is -1.61. The lowest BCUT2D eigenvalue weighted by atomic mass is 9.93. The zero-order valence-corrected chi connectivity index (χ0v) is 14.5. The number of hydrogen-bond donors (Lipinski definition) is 4. The molecule has 2 saturated carbocycles. The van der Waals surface area contributed by atoms with E-state index in [0.717, 1.165) is 19.0 Å². The summed E-state index contributed by atoms with van der Waals surface area (Å²) in [6, 6.07) is -0.0973. The van der Waals surface area contributed by atoms with Crippen LogP contribution in [-0.2, 0) is 6.18 Å². The number of alkyl halides is 3. The largest absolute Gasteiger partial charge is 0.421 e. The Kier molecular flexibility index (Phi) is 5.86. The van der Waals surface area contributed by atoms with Crippen LogP contribution >= 0.6 is 0 Å². The fourth-order valence-electron chi connectivity index (χ4n) is 3.59. The van der Waals surface area contributed by atoms with Gasteiger partial charge in [0.15, 0.2) is 0 Å². The number of rotatable bonds is 4. The number of hydrogen-bond acceptors (Lipinski definition) is 6. The van der Waals surface area contributed by atoms with Gasteiger partial charge in [0.2, 0.25) is 5.95 Å². The monoisotopic (exact) mass is 374 g/mol. The molecule has 0 radical (unpaired) electrons. The quantitative estimate of drug-likeness (QED) is 0.648. The molecule has 1 aromatic heterocycles. The predicted molar refractivity (Wildman–Crippen MR) is 90.8 cm³/mol. The van der Waals surface area contributed by atoms with Crippen LogP contribution in [0.3, 0.4) is 0 Å². The normalized spacial score (nSPS) is 30.0. The molecule has 0 spiro atoms. The first kappa shape index (κ1) is 19.2. The van der Waals surface area contributed by atoms with Crippen molar-refractivity contribution in [3.8, 4) is 0 Å². The number of nitrogens with one attached hydrogen (secondary N) is 2. The maximum atomic E-state index is 13.3. The highest BCUT2D eigenvalue weighted by Gasteiger charge is 2.36. The maximum Gasteiger partial charge on any atom is 0.421 e. The van der Waals surface area contributed by atoms with Crippen LogP contribution in [0.15, 0.2) is 6.20 Å². The van der Waals surface area contributed by atoms with E-state index in [1.807, 2.05) is 0 Å². The van der Waals surface area contributed by atoms with Crippen LogP contribution in [0.4, 0.5) is 24.9 Å². The van der Waals surface area contributed by atoms with Gasteiger partial charge in [-0.25, -0.2) is 4.98 Å². The lowest BCUT2D eigenvalue weighted by Crippen LogP contribution is -2.31. The minimum atomic E-state index is -4.54. The lowest BCUT2D eigenvalue weighted by molar-refractivity contribution is -0.137. The van der Waals surface area contributed by atoms with Crippen molar-refractivity contribution in [2.45, 2.75) is 81.8 Å². The molecule has 2 fully saturated rings. The van der Waals surface area contributed by atoms with Gasteiger partial charge < -0.3 is 20.8 Å². The summed E-state index contributed by atoms with van der Waals surface area (Å²) in [7, 11) is 0. The van der Waals surface area contributed by atoms with Crippen molar-refractivity contribution in [2.24, 2.45) is 0 Å². The van der Waals surface area contributed by atoms with E-state index in [0.29, 0.717) is 38.5 Å². The van der Waals surface area contributed by atoms with Crippen molar-refractivity contribution in [3.05, 3.63) is 11.8 Å². The smallest absolute Gasteiger partial charge is 0.393 e. The van der Waals surface area contributed by atoms with Crippen LogP contribution in [0.25, 0.3) is 0 Å². The van der Waals surface area contributed by atoms with E-state index in [1.54, 1.807) is 0 Å². The molecule has 4 N–H and O–H groups in total. The summed E-state index contributed by atoms with van der Waals surface area (Å²) in [5, 5.41) is 25.1. The second kappa shape index (κ2) is 7.96. The third kappa shape index (κ3) is 4.97. The van der Waals surface area contributed by atoms with Gasteiger partial charge in [0.25, 0.3) is 0 Å². The van der Waals surface area contributed by atoms with Gasteiger partial charge in [-0.1, -0.05) is 0 Å². The fourth-order valence-corrected chi connectivity index (χ4v) is 3.59. The highest BCUT2D eigenvalue weighted by Crippen LogP contribution is 2.35. The molecule has 0 amide bonds. The minimum Gasteiger partial charge on any atom is -0.393 e. The van der Waals surface area contributed by atoms with E-state index in [9.17, 15) is 23.4 Å². The molecular formula is C17H25F3N4O2. The van der Waals surface area contributed by atoms with Crippen molar-refractivity contribution >= 4 is 11.8 Å². The van der Waals surface area contributed by atoms with Gasteiger partial charge in [0.1, 0.15) is 11.4 Å². The molecule has 2 aliphatic carbocycles. The average molecular weight is 374 g/mol. The first-order chi connectivity index (χ1) is 12.3. The highest BCUT2D eigenvalue weighted by atomic mass is 19.4. The SMILES string of the molecule is OC1CCC(Nc2ncc(C(F)(F)F)c(NC3CCC(O)CC3)n2)CC1. The molecule has 0 aliphatic heterocycles. The van der Waals surface area contributed by atoms with Crippen LogP contribution in [0, 0.1) is 0 Å². The standard InChI is InChI=1S/C17H25F3N4O2/c18-17(19,20)14-9-21-16(23-11-3-7-13(26)8-4-11)24-15(14)22-10-1-5-12(25)6-2-10/h9-13,25-26H,1-8H2,(H2,21,22,23,24). The second-order valence-electron chi connectivity index (χ2n) is 7.25. The summed E-state index contributed by atoms with van der Waals surface area (Å²) in [4.78, 5) is 7.93. The van der Waals surface area contributed by atoms with Crippen LogP contribution in [0.5, 0.6) is 0 Å². The number of aromatic nitrogens is 2. The number of anilines is 2. The molecule has 6 nitrogen and oxygen atoms in total. The van der Waals surface area contributed by atoms with Gasteiger partial charge in [-0.2, -0.15) is 18.2 Å². The molecule has 2 aliphatic rings. The maximum absolute atomic E-state index is 13.3. The molecule has 3 rings (SSSR count). The number of aliphatic hydroxyl groups is 2. The Morgan fingerprint density at radius 2 is 1.35 bits per heavy atom. The van der Waals surface area contributed by atoms with E-state index in [2.05, 4.69) is 20.6 Å². The summed E-state index contributed by atoms with van der Waals surface area (Å²) in [6.07, 6.45) is 0.721. The van der Waals surface area contributed by atoms with Gasteiger partial charge in [0.05, 0.1) is 12.2 Å².